The Balaban J connectivity index is 1.41. The average molecular weight is 414 g/mol. The fourth-order valence-electron chi connectivity index (χ4n) is 3.92. The molecule has 2 heterocycles. The van der Waals surface area contributed by atoms with Gasteiger partial charge in [0.15, 0.2) is 6.61 Å². The number of hydrogen-bond acceptors (Lipinski definition) is 4. The highest BCUT2D eigenvalue weighted by atomic mass is 16.5. The van der Waals surface area contributed by atoms with Crippen molar-refractivity contribution in [2.45, 2.75) is 13.8 Å². The summed E-state index contributed by atoms with van der Waals surface area (Å²) < 4.78 is 7.18. The van der Waals surface area contributed by atoms with Gasteiger partial charge in [0, 0.05) is 39.5 Å². The molecule has 0 spiro atoms. The summed E-state index contributed by atoms with van der Waals surface area (Å²) in [5.41, 5.74) is 4.81. The van der Waals surface area contributed by atoms with Crippen LogP contribution in [0, 0.1) is 13.8 Å². The zero-order valence-electron chi connectivity index (χ0n) is 17.4. The molecule has 0 fully saturated rings. The molecule has 1 aliphatic rings. The first-order valence-electron chi connectivity index (χ1n) is 9.92. The second-order valence-electron chi connectivity index (χ2n) is 7.42. The Labute approximate surface area is 180 Å². The van der Waals surface area contributed by atoms with Crippen molar-refractivity contribution in [2.75, 3.05) is 13.2 Å². The average Bonchev–Trinajstić information content (AvgIpc) is 3.21. The molecule has 0 aliphatic carbocycles. The van der Waals surface area contributed by atoms with E-state index in [4.69, 9.17) is 4.74 Å². The Bertz CT molecular complexity index is 1170. The van der Waals surface area contributed by atoms with E-state index in [1.165, 1.54) is 4.90 Å². The number of para-hydroxylation sites is 1. The van der Waals surface area contributed by atoms with E-state index in [-0.39, 0.29) is 24.8 Å². The number of rotatable bonds is 6. The first-order valence-corrected chi connectivity index (χ1v) is 9.92. The van der Waals surface area contributed by atoms with Crippen LogP contribution in [-0.4, -0.2) is 40.3 Å². The standard InChI is InChI=1S/C25H22N2O4/c1-16-13-22(18(3)27(16)19-9-5-4-6-10-19)23(28)15-31-24(29)14-26-17(2)20-11-7-8-12-21(20)25(26)30/h4-13H,2,14-15H2,1,3H3. The Kier molecular flexibility index (Phi) is 5.29. The van der Waals surface area contributed by atoms with Gasteiger partial charge < -0.3 is 9.30 Å². The Morgan fingerprint density at radius 2 is 1.61 bits per heavy atom. The van der Waals surface area contributed by atoms with Crippen LogP contribution in [0.25, 0.3) is 11.4 Å². The number of carbonyl (C=O) groups excluding carboxylic acids is 3. The van der Waals surface area contributed by atoms with Crippen molar-refractivity contribution < 1.29 is 19.1 Å². The van der Waals surface area contributed by atoms with E-state index in [0.29, 0.717) is 22.4 Å². The molecule has 0 saturated carbocycles. The summed E-state index contributed by atoms with van der Waals surface area (Å²) in [7, 11) is 0. The maximum atomic E-state index is 12.7. The SMILES string of the molecule is C=C1c2ccccc2C(=O)N1CC(=O)OCC(=O)c1cc(C)n(-c2ccccc2)c1C. The van der Waals surface area contributed by atoms with Gasteiger partial charge in [0.25, 0.3) is 5.91 Å². The fourth-order valence-corrected chi connectivity index (χ4v) is 3.92. The van der Waals surface area contributed by atoms with Gasteiger partial charge in [-0.25, -0.2) is 0 Å². The van der Waals surface area contributed by atoms with Crippen LogP contribution in [0.15, 0.2) is 67.2 Å². The van der Waals surface area contributed by atoms with Gasteiger partial charge in [-0.3, -0.25) is 19.3 Å². The predicted molar refractivity (Wildman–Crippen MR) is 117 cm³/mol. The molecule has 31 heavy (non-hydrogen) atoms. The molecular weight excluding hydrogens is 392 g/mol. The Hall–Kier alpha value is -3.93. The third-order valence-corrected chi connectivity index (χ3v) is 5.44. The fraction of sp³-hybridized carbons (Fsp3) is 0.160. The number of aryl methyl sites for hydroxylation is 1. The van der Waals surface area contributed by atoms with Crippen LogP contribution in [0.3, 0.4) is 0 Å². The minimum absolute atomic E-state index is 0.289. The number of amides is 1. The molecule has 3 aromatic rings. The monoisotopic (exact) mass is 414 g/mol. The maximum absolute atomic E-state index is 12.7. The molecule has 2 aromatic carbocycles. The molecule has 0 saturated heterocycles. The lowest BCUT2D eigenvalue weighted by Gasteiger charge is -2.16. The highest BCUT2D eigenvalue weighted by molar-refractivity contribution is 6.10. The van der Waals surface area contributed by atoms with Gasteiger partial charge in [0.05, 0.1) is 0 Å². The highest BCUT2D eigenvalue weighted by Gasteiger charge is 2.32. The van der Waals surface area contributed by atoms with Crippen LogP contribution in [0.4, 0.5) is 0 Å². The topological polar surface area (TPSA) is 68.6 Å². The largest absolute Gasteiger partial charge is 0.456 e. The predicted octanol–water partition coefficient (Wildman–Crippen LogP) is 3.95. The number of benzene rings is 2. The molecular formula is C25H22N2O4. The molecule has 6 nitrogen and oxygen atoms in total. The van der Waals surface area contributed by atoms with Crippen molar-refractivity contribution in [3.05, 3.63) is 95.3 Å². The van der Waals surface area contributed by atoms with Crippen LogP contribution >= 0.6 is 0 Å². The van der Waals surface area contributed by atoms with Gasteiger partial charge >= 0.3 is 5.97 Å². The molecule has 0 bridgehead atoms. The molecule has 156 valence electrons. The van der Waals surface area contributed by atoms with E-state index in [2.05, 4.69) is 6.58 Å². The molecule has 1 aliphatic heterocycles. The lowest BCUT2D eigenvalue weighted by atomic mass is 10.1. The number of hydrogen-bond donors (Lipinski definition) is 0. The Morgan fingerprint density at radius 1 is 0.968 bits per heavy atom. The minimum Gasteiger partial charge on any atom is -0.456 e. The molecule has 0 atom stereocenters. The smallest absolute Gasteiger partial charge is 0.326 e. The summed E-state index contributed by atoms with van der Waals surface area (Å²) in [4.78, 5) is 38.8. The summed E-state index contributed by atoms with van der Waals surface area (Å²) in [6, 6.07) is 18.6. The third kappa shape index (κ3) is 3.68. The van der Waals surface area contributed by atoms with Crippen molar-refractivity contribution >= 4 is 23.4 Å². The van der Waals surface area contributed by atoms with E-state index in [9.17, 15) is 14.4 Å². The van der Waals surface area contributed by atoms with Gasteiger partial charge in [0.2, 0.25) is 5.78 Å². The molecule has 0 unspecified atom stereocenters. The number of Topliss-reactive ketones (excluding diaryl/α,β-unsaturated/α-hetero) is 1. The van der Waals surface area contributed by atoms with Crippen LogP contribution in [0.1, 0.15) is 37.7 Å². The second kappa shape index (κ2) is 8.07. The van der Waals surface area contributed by atoms with Crippen molar-refractivity contribution in [3.63, 3.8) is 0 Å². The van der Waals surface area contributed by atoms with Crippen LogP contribution in [0.2, 0.25) is 0 Å². The van der Waals surface area contributed by atoms with Crippen LogP contribution in [0.5, 0.6) is 0 Å². The number of esters is 1. The van der Waals surface area contributed by atoms with Crippen molar-refractivity contribution in [2.24, 2.45) is 0 Å². The summed E-state index contributed by atoms with van der Waals surface area (Å²) in [5.74, 6) is -1.25. The molecule has 4 rings (SSSR count). The number of ether oxygens (including phenoxy) is 1. The van der Waals surface area contributed by atoms with Crippen LogP contribution < -0.4 is 0 Å². The second-order valence-corrected chi connectivity index (χ2v) is 7.42. The number of ketones is 1. The number of aromatic nitrogens is 1. The Morgan fingerprint density at radius 3 is 2.29 bits per heavy atom. The number of nitrogens with zero attached hydrogens (tertiary/aromatic N) is 2. The first-order chi connectivity index (χ1) is 14.9. The molecule has 0 N–H and O–H groups in total. The molecule has 1 aromatic heterocycles. The van der Waals surface area contributed by atoms with E-state index < -0.39 is 5.97 Å². The van der Waals surface area contributed by atoms with Gasteiger partial charge in [-0.05, 0) is 38.1 Å². The summed E-state index contributed by atoms with van der Waals surface area (Å²) >= 11 is 0. The van der Waals surface area contributed by atoms with E-state index in [1.54, 1.807) is 24.3 Å². The minimum atomic E-state index is -0.660. The van der Waals surface area contributed by atoms with E-state index in [1.807, 2.05) is 54.8 Å². The number of carbonyl (C=O) groups is 3. The van der Waals surface area contributed by atoms with Gasteiger partial charge in [-0.2, -0.15) is 0 Å². The summed E-state index contributed by atoms with van der Waals surface area (Å²) in [6.45, 7) is 7.01. The maximum Gasteiger partial charge on any atom is 0.326 e. The molecule has 0 radical (unpaired) electrons. The van der Waals surface area contributed by atoms with Gasteiger partial charge in [0.1, 0.15) is 6.54 Å². The lowest BCUT2D eigenvalue weighted by Crippen LogP contribution is -2.31. The normalized spacial score (nSPS) is 12.8. The summed E-state index contributed by atoms with van der Waals surface area (Å²) in [5, 5.41) is 0. The molecule has 6 heteroatoms. The molecule has 1 amide bonds. The van der Waals surface area contributed by atoms with Crippen LogP contribution in [-0.2, 0) is 9.53 Å². The van der Waals surface area contributed by atoms with Gasteiger partial charge in [-0.15, -0.1) is 0 Å². The quantitative estimate of drug-likeness (QED) is 0.453. The third-order valence-electron chi connectivity index (χ3n) is 5.44. The zero-order chi connectivity index (χ0) is 22.1. The number of fused-ring (bicyclic) bond motifs is 1. The van der Waals surface area contributed by atoms with Crippen molar-refractivity contribution in [3.8, 4) is 5.69 Å². The van der Waals surface area contributed by atoms with E-state index >= 15 is 0 Å². The van der Waals surface area contributed by atoms with Crippen molar-refractivity contribution in [1.29, 1.82) is 0 Å². The van der Waals surface area contributed by atoms with Gasteiger partial charge in [-0.1, -0.05) is 43.0 Å². The lowest BCUT2D eigenvalue weighted by molar-refractivity contribution is -0.142. The zero-order valence-corrected chi connectivity index (χ0v) is 17.4. The highest BCUT2D eigenvalue weighted by Crippen LogP contribution is 2.30. The van der Waals surface area contributed by atoms with Crippen molar-refractivity contribution in [1.82, 2.24) is 9.47 Å². The first kappa shape index (κ1) is 20.3. The van der Waals surface area contributed by atoms with E-state index in [0.717, 1.165) is 17.1 Å². The summed E-state index contributed by atoms with van der Waals surface area (Å²) in [6.07, 6.45) is 0.